The third-order valence-electron chi connectivity index (χ3n) is 1.09. The fourth-order valence-corrected chi connectivity index (χ4v) is 0.506. The average Bonchev–Trinajstić information content (AvgIpc) is 1.97. The van der Waals surface area contributed by atoms with Crippen LogP contribution in [0.1, 0.15) is 34.1 Å². The number of ether oxygens (including phenoxy) is 1. The van der Waals surface area contributed by atoms with E-state index in [4.69, 9.17) is 15.3 Å². The van der Waals surface area contributed by atoms with Crippen LogP contribution in [0.4, 0.5) is 4.79 Å². The molecular formula is C8H18N2O3. The van der Waals surface area contributed by atoms with Crippen molar-refractivity contribution in [1.82, 2.24) is 5.48 Å². The Bertz CT molecular complexity index is 165. The highest BCUT2D eigenvalue weighted by molar-refractivity contribution is 5.66. The maximum absolute atomic E-state index is 11.0. The van der Waals surface area contributed by atoms with E-state index in [-0.39, 0.29) is 0 Å². The molecule has 0 aromatic heterocycles. The first-order chi connectivity index (χ1) is 5.85. The molecule has 0 heterocycles. The van der Waals surface area contributed by atoms with Crippen molar-refractivity contribution in [1.29, 1.82) is 0 Å². The summed E-state index contributed by atoms with van der Waals surface area (Å²) in [7, 11) is 0. The normalized spacial score (nSPS) is 13.6. The van der Waals surface area contributed by atoms with Crippen LogP contribution >= 0.6 is 0 Å². The van der Waals surface area contributed by atoms with Crippen LogP contribution in [-0.2, 0) is 9.57 Å². The zero-order valence-electron chi connectivity index (χ0n) is 8.59. The molecule has 0 saturated heterocycles. The van der Waals surface area contributed by atoms with E-state index < -0.39 is 17.9 Å². The summed E-state index contributed by atoms with van der Waals surface area (Å²) in [6.07, 6.45) is -0.501. The molecule has 0 fully saturated rings. The van der Waals surface area contributed by atoms with Crippen LogP contribution in [0.3, 0.4) is 0 Å². The zero-order chi connectivity index (χ0) is 10.5. The van der Waals surface area contributed by atoms with Gasteiger partial charge in [0.2, 0.25) is 0 Å². The van der Waals surface area contributed by atoms with Gasteiger partial charge in [-0.2, -0.15) is 5.48 Å². The topological polar surface area (TPSA) is 73.6 Å². The van der Waals surface area contributed by atoms with Crippen molar-refractivity contribution >= 4 is 6.09 Å². The predicted octanol–water partition coefficient (Wildman–Crippen LogP) is 1.14. The summed E-state index contributed by atoms with van der Waals surface area (Å²) < 4.78 is 4.90. The number of hydroxylamine groups is 1. The first-order valence-electron chi connectivity index (χ1n) is 4.25. The smallest absolute Gasteiger partial charge is 0.431 e. The van der Waals surface area contributed by atoms with Gasteiger partial charge in [0.25, 0.3) is 0 Å². The van der Waals surface area contributed by atoms with E-state index in [0.717, 1.165) is 0 Å². The van der Waals surface area contributed by atoms with Gasteiger partial charge in [0.05, 0.1) is 0 Å². The molecule has 1 unspecified atom stereocenters. The minimum atomic E-state index is -0.628. The third-order valence-corrected chi connectivity index (χ3v) is 1.09. The summed E-state index contributed by atoms with van der Waals surface area (Å²) in [5, 5.41) is 0. The van der Waals surface area contributed by atoms with Crippen LogP contribution in [0.15, 0.2) is 0 Å². The van der Waals surface area contributed by atoms with Gasteiger partial charge in [-0.05, 0) is 27.2 Å². The van der Waals surface area contributed by atoms with Crippen molar-refractivity contribution in [2.45, 2.75) is 45.9 Å². The highest BCUT2D eigenvalue weighted by atomic mass is 16.7. The molecule has 5 nitrogen and oxygen atoms in total. The lowest BCUT2D eigenvalue weighted by Crippen LogP contribution is -2.37. The van der Waals surface area contributed by atoms with Gasteiger partial charge in [-0.3, -0.25) is 4.84 Å². The van der Waals surface area contributed by atoms with Gasteiger partial charge in [-0.1, -0.05) is 6.92 Å². The first kappa shape index (κ1) is 12.2. The van der Waals surface area contributed by atoms with Gasteiger partial charge in [-0.15, -0.1) is 0 Å². The molecule has 0 aromatic carbocycles. The largest absolute Gasteiger partial charge is 0.442 e. The number of carbonyl (C=O) groups is 1. The molecular weight excluding hydrogens is 172 g/mol. The summed E-state index contributed by atoms with van der Waals surface area (Å²) in [6, 6.07) is 0. The summed E-state index contributed by atoms with van der Waals surface area (Å²) in [5.74, 6) is 0. The minimum Gasteiger partial charge on any atom is -0.442 e. The Labute approximate surface area is 78.5 Å². The minimum absolute atomic E-state index is 0.493. The Balaban J connectivity index is 3.64. The van der Waals surface area contributed by atoms with Crippen LogP contribution in [0.25, 0.3) is 0 Å². The predicted molar refractivity (Wildman–Crippen MR) is 48.7 cm³/mol. The molecule has 78 valence electrons. The second-order valence-electron chi connectivity index (χ2n) is 3.67. The summed E-state index contributed by atoms with van der Waals surface area (Å²) in [5.41, 5.74) is 6.97. The van der Waals surface area contributed by atoms with Gasteiger partial charge in [0.15, 0.2) is 0 Å². The van der Waals surface area contributed by atoms with Gasteiger partial charge in [-0.25, -0.2) is 4.79 Å². The van der Waals surface area contributed by atoms with Crippen LogP contribution in [0, 0.1) is 0 Å². The molecule has 3 N–H and O–H groups in total. The van der Waals surface area contributed by atoms with E-state index in [2.05, 4.69) is 5.48 Å². The summed E-state index contributed by atoms with van der Waals surface area (Å²) >= 11 is 0. The van der Waals surface area contributed by atoms with Crippen molar-refractivity contribution in [3.63, 3.8) is 0 Å². The second-order valence-corrected chi connectivity index (χ2v) is 3.67. The summed E-state index contributed by atoms with van der Waals surface area (Å²) in [6.45, 7) is 7.16. The van der Waals surface area contributed by atoms with E-state index in [0.29, 0.717) is 6.42 Å². The SMILES string of the molecule is CCC(N)ONC(=O)OC(C)(C)C. The summed E-state index contributed by atoms with van der Waals surface area (Å²) in [4.78, 5) is 15.7. The van der Waals surface area contributed by atoms with Crippen LogP contribution in [-0.4, -0.2) is 17.9 Å². The third kappa shape index (κ3) is 7.55. The van der Waals surface area contributed by atoms with E-state index in [1.165, 1.54) is 0 Å². The van der Waals surface area contributed by atoms with E-state index in [9.17, 15) is 4.79 Å². The molecule has 0 bridgehead atoms. The highest BCUT2D eigenvalue weighted by Crippen LogP contribution is 2.06. The highest BCUT2D eigenvalue weighted by Gasteiger charge is 2.16. The molecule has 0 spiro atoms. The fourth-order valence-electron chi connectivity index (χ4n) is 0.506. The Morgan fingerprint density at radius 3 is 2.46 bits per heavy atom. The van der Waals surface area contributed by atoms with E-state index in [1.54, 1.807) is 20.8 Å². The lowest BCUT2D eigenvalue weighted by atomic mass is 10.2. The Morgan fingerprint density at radius 2 is 2.08 bits per heavy atom. The Kier molecular flexibility index (Phi) is 4.72. The van der Waals surface area contributed by atoms with Crippen molar-refractivity contribution in [3.8, 4) is 0 Å². The number of hydrogen-bond acceptors (Lipinski definition) is 4. The Hall–Kier alpha value is -0.810. The van der Waals surface area contributed by atoms with Crippen molar-refractivity contribution < 1.29 is 14.4 Å². The van der Waals surface area contributed by atoms with Gasteiger partial charge in [0.1, 0.15) is 11.8 Å². The van der Waals surface area contributed by atoms with Crippen molar-refractivity contribution in [2.75, 3.05) is 0 Å². The number of carbonyl (C=O) groups excluding carboxylic acids is 1. The molecule has 13 heavy (non-hydrogen) atoms. The molecule has 0 aliphatic rings. The average molecular weight is 190 g/mol. The van der Waals surface area contributed by atoms with Crippen LogP contribution in [0.2, 0.25) is 0 Å². The molecule has 1 amide bonds. The van der Waals surface area contributed by atoms with Gasteiger partial charge in [0, 0.05) is 0 Å². The van der Waals surface area contributed by atoms with E-state index in [1.807, 2.05) is 6.92 Å². The number of amides is 1. The quantitative estimate of drug-likeness (QED) is 0.517. The number of hydrogen-bond donors (Lipinski definition) is 2. The Morgan fingerprint density at radius 1 is 1.54 bits per heavy atom. The molecule has 0 rings (SSSR count). The molecule has 5 heteroatoms. The molecule has 1 atom stereocenters. The maximum atomic E-state index is 11.0. The van der Waals surface area contributed by atoms with Gasteiger partial charge < -0.3 is 10.5 Å². The number of nitrogens with one attached hydrogen (secondary N) is 1. The van der Waals surface area contributed by atoms with E-state index >= 15 is 0 Å². The molecule has 0 aliphatic carbocycles. The zero-order valence-corrected chi connectivity index (χ0v) is 8.59. The van der Waals surface area contributed by atoms with Crippen LogP contribution < -0.4 is 11.2 Å². The maximum Gasteiger partial charge on any atom is 0.431 e. The van der Waals surface area contributed by atoms with Crippen molar-refractivity contribution in [3.05, 3.63) is 0 Å². The molecule has 0 saturated carbocycles. The second kappa shape index (κ2) is 5.04. The number of rotatable bonds is 3. The number of nitrogens with two attached hydrogens (primary N) is 1. The molecule has 0 radical (unpaired) electrons. The standard InChI is InChI=1S/C8H18N2O3/c1-5-6(9)13-10-7(11)12-8(2,3)4/h6H,5,9H2,1-4H3,(H,10,11). The molecule has 0 aliphatic heterocycles. The van der Waals surface area contributed by atoms with Crippen LogP contribution in [0.5, 0.6) is 0 Å². The fraction of sp³-hybridized carbons (Fsp3) is 0.875. The lowest BCUT2D eigenvalue weighted by Gasteiger charge is -2.20. The monoisotopic (exact) mass is 190 g/mol. The lowest BCUT2D eigenvalue weighted by molar-refractivity contribution is -0.0411. The van der Waals surface area contributed by atoms with Crippen molar-refractivity contribution in [2.24, 2.45) is 5.73 Å². The van der Waals surface area contributed by atoms with Gasteiger partial charge >= 0.3 is 6.09 Å². The first-order valence-corrected chi connectivity index (χ1v) is 4.25. The molecule has 0 aromatic rings.